The number of aryl methyl sites for hydroxylation is 1. The minimum atomic E-state index is -1.17. The normalized spacial score (nSPS) is 18.6. The molecular formula is C38H43ClF2N4O7S. The van der Waals surface area contributed by atoms with Gasteiger partial charge in [-0.05, 0) is 88.3 Å². The summed E-state index contributed by atoms with van der Waals surface area (Å²) in [6, 6.07) is 6.24. The number of methoxy groups -OCH3 is 1. The largest absolute Gasteiger partial charge is 0.496 e. The monoisotopic (exact) mass is 772 g/mol. The molecule has 3 aromatic rings. The van der Waals surface area contributed by atoms with Crippen LogP contribution in [0.3, 0.4) is 0 Å². The van der Waals surface area contributed by atoms with E-state index in [4.69, 9.17) is 25.8 Å². The maximum absolute atomic E-state index is 15.0. The third-order valence-corrected chi connectivity index (χ3v) is 11.0. The number of fused-ring (bicyclic) bond motifs is 2. The van der Waals surface area contributed by atoms with E-state index in [0.29, 0.717) is 41.3 Å². The van der Waals surface area contributed by atoms with E-state index < -0.39 is 47.3 Å². The Hall–Kier alpha value is -4.43. The number of ether oxygens (including phenoxy) is 3. The molecule has 1 aliphatic carbocycles. The van der Waals surface area contributed by atoms with Crippen molar-refractivity contribution >= 4 is 46.6 Å². The zero-order valence-electron chi connectivity index (χ0n) is 30.3. The molecule has 53 heavy (non-hydrogen) atoms. The quantitative estimate of drug-likeness (QED) is 0.155. The van der Waals surface area contributed by atoms with Crippen molar-refractivity contribution in [3.63, 3.8) is 0 Å². The first-order valence-electron chi connectivity index (χ1n) is 17.5. The molecule has 1 aromatic heterocycles. The molecule has 1 saturated heterocycles. The number of amides is 3. The summed E-state index contributed by atoms with van der Waals surface area (Å²) in [5.41, 5.74) is 2.06. The summed E-state index contributed by atoms with van der Waals surface area (Å²) in [6.07, 6.45) is 2.56. The molecule has 3 aliphatic rings. The van der Waals surface area contributed by atoms with Crippen molar-refractivity contribution in [1.29, 1.82) is 0 Å². The van der Waals surface area contributed by atoms with Gasteiger partial charge < -0.3 is 29.1 Å². The summed E-state index contributed by atoms with van der Waals surface area (Å²) in [5, 5.41) is 11.0. The molecule has 2 bridgehead atoms. The highest BCUT2D eigenvalue weighted by molar-refractivity contribution is 7.12. The van der Waals surface area contributed by atoms with Gasteiger partial charge in [-0.25, -0.2) is 23.4 Å². The predicted molar refractivity (Wildman–Crippen MR) is 195 cm³/mol. The van der Waals surface area contributed by atoms with E-state index in [0.717, 1.165) is 41.0 Å². The van der Waals surface area contributed by atoms with Gasteiger partial charge in [0.25, 0.3) is 5.91 Å². The van der Waals surface area contributed by atoms with Crippen molar-refractivity contribution < 1.29 is 42.5 Å². The van der Waals surface area contributed by atoms with Gasteiger partial charge in [-0.3, -0.25) is 9.69 Å². The van der Waals surface area contributed by atoms with Crippen LogP contribution in [0, 0.1) is 18.6 Å². The van der Waals surface area contributed by atoms with E-state index in [1.807, 2.05) is 30.0 Å². The molecule has 2 atom stereocenters. The fraction of sp³-hybridized carbons (Fsp3) is 0.474. The number of rotatable bonds is 11. The molecule has 1 saturated carbocycles. The summed E-state index contributed by atoms with van der Waals surface area (Å²) >= 11 is 7.16. The van der Waals surface area contributed by atoms with Gasteiger partial charge >= 0.3 is 12.2 Å². The number of piperazine rings is 1. The van der Waals surface area contributed by atoms with Gasteiger partial charge in [-0.2, -0.15) is 0 Å². The zero-order valence-corrected chi connectivity index (χ0v) is 31.9. The minimum absolute atomic E-state index is 0.00772. The van der Waals surface area contributed by atoms with Crippen molar-refractivity contribution in [1.82, 2.24) is 19.7 Å². The SMILES string of the molecule is COc1cccc(CN(C(=O)C2=C(c3cnc(CCCOc4c(F)ccc(Cl)c4F)s3)CC3CN(C(=O)OC(C)(C)C)C[C@H]2N3C(=O)O)C2CC2)c1C. The van der Waals surface area contributed by atoms with Crippen LogP contribution in [0.4, 0.5) is 18.4 Å². The lowest BCUT2D eigenvalue weighted by molar-refractivity contribution is -0.129. The first-order valence-corrected chi connectivity index (χ1v) is 18.7. The van der Waals surface area contributed by atoms with Crippen molar-refractivity contribution in [3.8, 4) is 11.5 Å². The van der Waals surface area contributed by atoms with Crippen LogP contribution >= 0.6 is 22.9 Å². The zero-order chi connectivity index (χ0) is 38.2. The van der Waals surface area contributed by atoms with Crippen LogP contribution < -0.4 is 9.47 Å². The van der Waals surface area contributed by atoms with Gasteiger partial charge in [0.15, 0.2) is 17.4 Å². The number of halogens is 3. The van der Waals surface area contributed by atoms with E-state index in [-0.39, 0.29) is 43.1 Å². The summed E-state index contributed by atoms with van der Waals surface area (Å²) < 4.78 is 45.1. The number of aromatic nitrogens is 1. The lowest BCUT2D eigenvalue weighted by Gasteiger charge is -2.50. The molecule has 2 aliphatic heterocycles. The van der Waals surface area contributed by atoms with Gasteiger partial charge in [0.05, 0.1) is 40.7 Å². The predicted octanol–water partition coefficient (Wildman–Crippen LogP) is 7.72. The molecule has 11 nitrogen and oxygen atoms in total. The van der Waals surface area contributed by atoms with Crippen molar-refractivity contribution in [2.45, 2.75) is 90.1 Å². The molecule has 6 rings (SSSR count). The molecule has 3 heterocycles. The first kappa shape index (κ1) is 38.3. The molecule has 2 aromatic carbocycles. The smallest absolute Gasteiger partial charge is 0.410 e. The maximum Gasteiger partial charge on any atom is 0.410 e. The second kappa shape index (κ2) is 15.5. The number of carboxylic acid groups (broad SMARTS) is 1. The molecular weight excluding hydrogens is 730 g/mol. The van der Waals surface area contributed by atoms with Crippen LogP contribution in [0.15, 0.2) is 42.1 Å². The average molecular weight is 773 g/mol. The topological polar surface area (TPSA) is 122 Å². The van der Waals surface area contributed by atoms with Crippen LogP contribution in [-0.2, 0) is 22.5 Å². The van der Waals surface area contributed by atoms with E-state index in [1.54, 1.807) is 34.1 Å². The second-order valence-corrected chi connectivity index (χ2v) is 16.0. The third-order valence-electron chi connectivity index (χ3n) is 9.59. The van der Waals surface area contributed by atoms with Gasteiger partial charge in [0.2, 0.25) is 0 Å². The van der Waals surface area contributed by atoms with E-state index in [9.17, 15) is 23.5 Å². The average Bonchev–Trinajstić information content (AvgIpc) is 3.83. The number of benzene rings is 2. The molecule has 284 valence electrons. The lowest BCUT2D eigenvalue weighted by Crippen LogP contribution is -2.65. The molecule has 2 fully saturated rings. The molecule has 15 heteroatoms. The maximum atomic E-state index is 15.0. The van der Waals surface area contributed by atoms with Gasteiger partial charge in [0, 0.05) is 43.9 Å². The van der Waals surface area contributed by atoms with Crippen LogP contribution in [0.1, 0.15) is 67.5 Å². The van der Waals surface area contributed by atoms with Gasteiger partial charge in [-0.15, -0.1) is 11.3 Å². The molecule has 1 N–H and O–H groups in total. The Morgan fingerprint density at radius 2 is 1.89 bits per heavy atom. The van der Waals surface area contributed by atoms with Crippen LogP contribution in [0.5, 0.6) is 11.5 Å². The standard InChI is InChI=1S/C38H43ClF2N4O7S/c1-21-22(8-6-9-29(21)50-5)18-44(23-11-12-23)35(46)32-25(16-24-19-43(37(49)52-38(2,3)4)20-28(32)45(24)36(47)48)30-17-42-31(53-30)10-7-15-51-34-27(40)14-13-26(39)33(34)41/h6,8-9,13-14,17,23-24,28H,7,10-12,15-16,18-20H2,1-5H3,(H,47,48)/t24?,28-/m1/s1. The Balaban J connectivity index is 1.33. The Morgan fingerprint density at radius 1 is 1.13 bits per heavy atom. The van der Waals surface area contributed by atoms with E-state index >= 15 is 4.79 Å². The third kappa shape index (κ3) is 8.38. The minimum Gasteiger partial charge on any atom is -0.496 e. The highest BCUT2D eigenvalue weighted by Gasteiger charge is 2.50. The number of hydrogen-bond donors (Lipinski definition) is 1. The summed E-state index contributed by atoms with van der Waals surface area (Å²) in [6.45, 7) is 7.58. The van der Waals surface area contributed by atoms with Crippen LogP contribution in [-0.4, -0.2) is 93.4 Å². The summed E-state index contributed by atoms with van der Waals surface area (Å²) in [7, 11) is 1.60. The second-order valence-electron chi connectivity index (χ2n) is 14.5. The highest BCUT2D eigenvalue weighted by atomic mass is 35.5. The van der Waals surface area contributed by atoms with Gasteiger partial charge in [-0.1, -0.05) is 23.7 Å². The molecule has 0 radical (unpaired) electrons. The van der Waals surface area contributed by atoms with E-state index in [2.05, 4.69) is 4.98 Å². The number of thiazole rings is 1. The Kier molecular flexibility index (Phi) is 11.2. The van der Waals surface area contributed by atoms with Crippen LogP contribution in [0.25, 0.3) is 5.57 Å². The Bertz CT molecular complexity index is 1930. The fourth-order valence-corrected chi connectivity index (χ4v) is 8.10. The summed E-state index contributed by atoms with van der Waals surface area (Å²) in [5.74, 6) is -1.93. The Labute approximate surface area is 316 Å². The van der Waals surface area contributed by atoms with Gasteiger partial charge in [0.1, 0.15) is 11.4 Å². The number of carbonyl (C=O) groups excluding carboxylic acids is 2. The highest BCUT2D eigenvalue weighted by Crippen LogP contribution is 2.43. The Morgan fingerprint density at radius 3 is 2.57 bits per heavy atom. The first-order chi connectivity index (χ1) is 25.2. The van der Waals surface area contributed by atoms with Crippen molar-refractivity contribution in [2.75, 3.05) is 26.8 Å². The molecule has 3 amide bonds. The lowest BCUT2D eigenvalue weighted by atomic mass is 9.83. The van der Waals surface area contributed by atoms with Crippen molar-refractivity contribution in [2.24, 2.45) is 0 Å². The fourth-order valence-electron chi connectivity index (χ4n) is 6.93. The van der Waals surface area contributed by atoms with E-state index in [1.165, 1.54) is 21.1 Å². The van der Waals surface area contributed by atoms with Crippen molar-refractivity contribution in [3.05, 3.63) is 79.8 Å². The summed E-state index contributed by atoms with van der Waals surface area (Å²) in [4.78, 5) is 51.2. The number of carbonyl (C=O) groups is 3. The molecule has 0 spiro atoms. The number of hydrogen-bond acceptors (Lipinski definition) is 8. The number of nitrogens with zero attached hydrogens (tertiary/aromatic N) is 4. The molecule has 1 unspecified atom stereocenters. The van der Waals surface area contributed by atoms with Crippen LogP contribution in [0.2, 0.25) is 5.02 Å².